The van der Waals surface area contributed by atoms with Gasteiger partial charge in [-0.3, -0.25) is 0 Å². The molecule has 96 valence electrons. The second kappa shape index (κ2) is 5.36. The minimum absolute atomic E-state index is 0.884. The first-order valence-electron chi connectivity index (χ1n) is 6.31. The molecule has 2 aromatic heterocycles. The van der Waals surface area contributed by atoms with E-state index in [-0.39, 0.29) is 0 Å². The van der Waals surface area contributed by atoms with Crippen LogP contribution in [0.4, 0.5) is 5.82 Å². The van der Waals surface area contributed by atoms with Gasteiger partial charge in [-0.25, -0.2) is 9.97 Å². The average Bonchev–Trinajstić information content (AvgIpc) is 2.90. The van der Waals surface area contributed by atoms with Gasteiger partial charge in [0.1, 0.15) is 12.1 Å². The molecule has 1 aromatic carbocycles. The summed E-state index contributed by atoms with van der Waals surface area (Å²) in [5, 5.41) is 5.46. The van der Waals surface area contributed by atoms with Crippen LogP contribution in [0.1, 0.15) is 11.1 Å². The number of hydrogen-bond acceptors (Lipinski definition) is 4. The van der Waals surface area contributed by atoms with E-state index in [4.69, 9.17) is 0 Å². The van der Waals surface area contributed by atoms with Crippen molar-refractivity contribution in [3.63, 3.8) is 0 Å². The molecule has 0 bridgehead atoms. The molecule has 0 aliphatic rings. The summed E-state index contributed by atoms with van der Waals surface area (Å²) in [6, 6.07) is 10.5. The van der Waals surface area contributed by atoms with Crippen LogP contribution in [0, 0.1) is 6.92 Å². The predicted octanol–water partition coefficient (Wildman–Crippen LogP) is 3.65. The van der Waals surface area contributed by atoms with Crippen molar-refractivity contribution in [1.29, 1.82) is 0 Å². The summed E-state index contributed by atoms with van der Waals surface area (Å²) in [7, 11) is 0. The molecular formula is C15H15N3S. The lowest BCUT2D eigenvalue weighted by Crippen LogP contribution is -2.07. The molecule has 3 rings (SSSR count). The van der Waals surface area contributed by atoms with E-state index in [1.165, 1.54) is 11.1 Å². The van der Waals surface area contributed by atoms with Crippen molar-refractivity contribution >= 4 is 27.4 Å². The Labute approximate surface area is 116 Å². The van der Waals surface area contributed by atoms with Gasteiger partial charge in [0.05, 0.1) is 10.2 Å². The Morgan fingerprint density at radius 2 is 2.05 bits per heavy atom. The quantitative estimate of drug-likeness (QED) is 0.785. The third kappa shape index (κ3) is 2.58. The fraction of sp³-hybridized carbons (Fsp3) is 0.200. The number of benzene rings is 1. The molecular weight excluding hydrogens is 254 g/mol. The van der Waals surface area contributed by atoms with Crippen LogP contribution in [0.3, 0.4) is 0 Å². The molecule has 0 fully saturated rings. The first-order chi connectivity index (χ1) is 9.34. The van der Waals surface area contributed by atoms with E-state index in [9.17, 15) is 0 Å². The first-order valence-corrected chi connectivity index (χ1v) is 7.19. The van der Waals surface area contributed by atoms with Gasteiger partial charge in [-0.2, -0.15) is 0 Å². The Kier molecular flexibility index (Phi) is 3.42. The molecule has 0 aliphatic carbocycles. The molecule has 0 unspecified atom stereocenters. The number of rotatable bonds is 4. The Morgan fingerprint density at radius 1 is 1.16 bits per heavy atom. The minimum atomic E-state index is 0.884. The second-order valence-electron chi connectivity index (χ2n) is 4.46. The number of thiophene rings is 1. The highest BCUT2D eigenvalue weighted by atomic mass is 32.1. The largest absolute Gasteiger partial charge is 0.368 e. The van der Waals surface area contributed by atoms with Crippen molar-refractivity contribution in [2.75, 3.05) is 11.9 Å². The lowest BCUT2D eigenvalue weighted by atomic mass is 10.1. The Hall–Kier alpha value is -1.94. The number of nitrogens with one attached hydrogen (secondary N) is 1. The molecule has 0 amide bonds. The van der Waals surface area contributed by atoms with E-state index in [2.05, 4.69) is 46.5 Å². The average molecular weight is 269 g/mol. The second-order valence-corrected chi connectivity index (χ2v) is 5.38. The van der Waals surface area contributed by atoms with Crippen molar-refractivity contribution < 1.29 is 0 Å². The lowest BCUT2D eigenvalue weighted by Gasteiger charge is -2.08. The molecule has 1 N–H and O–H groups in total. The molecule has 19 heavy (non-hydrogen) atoms. The maximum Gasteiger partial charge on any atom is 0.147 e. The third-order valence-electron chi connectivity index (χ3n) is 3.19. The Bertz CT molecular complexity index is 690. The smallest absolute Gasteiger partial charge is 0.147 e. The number of aryl methyl sites for hydroxylation is 1. The van der Waals surface area contributed by atoms with Gasteiger partial charge in [0.15, 0.2) is 0 Å². The summed E-state index contributed by atoms with van der Waals surface area (Å²) in [6.45, 7) is 3.03. The topological polar surface area (TPSA) is 37.8 Å². The van der Waals surface area contributed by atoms with Crippen LogP contribution < -0.4 is 5.32 Å². The standard InChI is InChI=1S/C15H15N3S/c1-11-4-2-3-5-12(11)6-8-16-15-14-13(7-9-19-14)17-10-18-15/h2-5,7,9-10H,6,8H2,1H3,(H,16,17,18). The predicted molar refractivity (Wildman–Crippen MR) is 80.8 cm³/mol. The molecule has 0 saturated heterocycles. The highest BCUT2D eigenvalue weighted by Gasteiger charge is 2.04. The molecule has 0 radical (unpaired) electrons. The van der Waals surface area contributed by atoms with Crippen LogP contribution in [-0.4, -0.2) is 16.5 Å². The number of anilines is 1. The SMILES string of the molecule is Cc1ccccc1CCNc1ncnc2ccsc12. The van der Waals surface area contributed by atoms with Crippen molar-refractivity contribution in [1.82, 2.24) is 9.97 Å². The van der Waals surface area contributed by atoms with Gasteiger partial charge in [0.2, 0.25) is 0 Å². The van der Waals surface area contributed by atoms with E-state index >= 15 is 0 Å². The molecule has 3 aromatic rings. The van der Waals surface area contributed by atoms with Crippen LogP contribution in [0.25, 0.3) is 10.2 Å². The van der Waals surface area contributed by atoms with Crippen molar-refractivity contribution in [3.05, 3.63) is 53.2 Å². The molecule has 0 saturated carbocycles. The summed E-state index contributed by atoms with van der Waals surface area (Å²) in [6.07, 6.45) is 2.62. The first kappa shape index (κ1) is 12.1. The highest BCUT2D eigenvalue weighted by Crippen LogP contribution is 2.24. The molecule has 0 spiro atoms. The van der Waals surface area contributed by atoms with Gasteiger partial charge in [0, 0.05) is 6.54 Å². The number of aromatic nitrogens is 2. The monoisotopic (exact) mass is 269 g/mol. The van der Waals surface area contributed by atoms with Crippen LogP contribution in [0.5, 0.6) is 0 Å². The Morgan fingerprint density at radius 3 is 2.95 bits per heavy atom. The fourth-order valence-corrected chi connectivity index (χ4v) is 2.93. The van der Waals surface area contributed by atoms with E-state index in [0.29, 0.717) is 0 Å². The van der Waals surface area contributed by atoms with Crippen LogP contribution in [0.15, 0.2) is 42.0 Å². The normalized spacial score (nSPS) is 10.8. The molecule has 2 heterocycles. The van der Waals surface area contributed by atoms with E-state index in [1.807, 2.05) is 11.4 Å². The van der Waals surface area contributed by atoms with E-state index < -0.39 is 0 Å². The van der Waals surface area contributed by atoms with Gasteiger partial charge < -0.3 is 5.32 Å². The minimum Gasteiger partial charge on any atom is -0.368 e. The van der Waals surface area contributed by atoms with Crippen molar-refractivity contribution in [2.45, 2.75) is 13.3 Å². The van der Waals surface area contributed by atoms with Gasteiger partial charge in [-0.15, -0.1) is 11.3 Å². The summed E-state index contributed by atoms with van der Waals surface area (Å²) >= 11 is 1.68. The van der Waals surface area contributed by atoms with Gasteiger partial charge in [-0.05, 0) is 35.9 Å². The van der Waals surface area contributed by atoms with Crippen LogP contribution in [-0.2, 0) is 6.42 Å². The molecule has 3 nitrogen and oxygen atoms in total. The maximum atomic E-state index is 4.32. The summed E-state index contributed by atoms with van der Waals surface area (Å²) in [5.41, 5.74) is 3.73. The summed E-state index contributed by atoms with van der Waals surface area (Å²) < 4.78 is 1.13. The third-order valence-corrected chi connectivity index (χ3v) is 4.10. The zero-order valence-corrected chi connectivity index (χ0v) is 11.6. The molecule has 0 atom stereocenters. The Balaban J connectivity index is 1.70. The zero-order valence-electron chi connectivity index (χ0n) is 10.8. The highest BCUT2D eigenvalue weighted by molar-refractivity contribution is 7.17. The van der Waals surface area contributed by atoms with Gasteiger partial charge >= 0.3 is 0 Å². The lowest BCUT2D eigenvalue weighted by molar-refractivity contribution is 0.994. The fourth-order valence-electron chi connectivity index (χ4n) is 2.12. The molecule has 0 aliphatic heterocycles. The van der Waals surface area contributed by atoms with Crippen LogP contribution >= 0.6 is 11.3 Å². The van der Waals surface area contributed by atoms with Gasteiger partial charge in [0.25, 0.3) is 0 Å². The summed E-state index contributed by atoms with van der Waals surface area (Å²) in [5.74, 6) is 0.939. The number of fused-ring (bicyclic) bond motifs is 1. The maximum absolute atomic E-state index is 4.32. The van der Waals surface area contributed by atoms with Crippen molar-refractivity contribution in [2.24, 2.45) is 0 Å². The van der Waals surface area contributed by atoms with E-state index in [1.54, 1.807) is 17.7 Å². The summed E-state index contributed by atoms with van der Waals surface area (Å²) in [4.78, 5) is 8.56. The number of nitrogens with zero attached hydrogens (tertiary/aromatic N) is 2. The zero-order chi connectivity index (χ0) is 13.1. The van der Waals surface area contributed by atoms with Gasteiger partial charge in [-0.1, -0.05) is 24.3 Å². The molecule has 4 heteroatoms. The van der Waals surface area contributed by atoms with Crippen molar-refractivity contribution in [3.8, 4) is 0 Å². The van der Waals surface area contributed by atoms with E-state index in [0.717, 1.165) is 29.0 Å². The number of hydrogen-bond donors (Lipinski definition) is 1. The van der Waals surface area contributed by atoms with Crippen LogP contribution in [0.2, 0.25) is 0 Å².